The summed E-state index contributed by atoms with van der Waals surface area (Å²) in [7, 11) is 0. The van der Waals surface area contributed by atoms with Gasteiger partial charge >= 0.3 is 0 Å². The van der Waals surface area contributed by atoms with Crippen LogP contribution < -0.4 is 10.1 Å². The molecule has 0 saturated heterocycles. The lowest BCUT2D eigenvalue weighted by Gasteiger charge is -2.37. The van der Waals surface area contributed by atoms with Gasteiger partial charge in [0, 0.05) is 23.4 Å². The fourth-order valence-corrected chi connectivity index (χ4v) is 5.60. The first-order valence-corrected chi connectivity index (χ1v) is 12.5. The number of terminal acetylenes is 1. The molecular formula is C33H28N2O. The molecule has 2 aliphatic rings. The Bertz CT molecular complexity index is 1520. The number of hydrogen-bond acceptors (Lipinski definition) is 3. The summed E-state index contributed by atoms with van der Waals surface area (Å²) < 4.78 is 5.82. The molecule has 0 aromatic heterocycles. The number of hydrogen-bond donors (Lipinski definition) is 1. The Morgan fingerprint density at radius 3 is 2.78 bits per heavy atom. The monoisotopic (exact) mass is 468 g/mol. The maximum absolute atomic E-state index is 5.82. The molecule has 4 aromatic carbocycles. The highest BCUT2D eigenvalue weighted by Gasteiger charge is 2.37. The first kappa shape index (κ1) is 22.2. The van der Waals surface area contributed by atoms with Crippen LogP contribution in [0, 0.1) is 25.2 Å². The Balaban J connectivity index is 1.28. The number of nitrogens with zero attached hydrogens (tertiary/aromatic N) is 1. The van der Waals surface area contributed by atoms with Crippen LogP contribution in [0.1, 0.15) is 40.6 Å². The zero-order chi connectivity index (χ0) is 24.5. The number of aliphatic imine (C=N–C) groups is 1. The van der Waals surface area contributed by atoms with Gasteiger partial charge in [0.15, 0.2) is 0 Å². The number of aryl methyl sites for hydroxylation is 1. The molecule has 0 fully saturated rings. The summed E-state index contributed by atoms with van der Waals surface area (Å²) in [6.07, 6.45) is 13.1. The minimum absolute atomic E-state index is 0.224. The summed E-state index contributed by atoms with van der Waals surface area (Å²) in [5.41, 5.74) is 7.12. The van der Waals surface area contributed by atoms with Crippen molar-refractivity contribution < 1.29 is 4.74 Å². The van der Waals surface area contributed by atoms with E-state index in [2.05, 4.69) is 91.0 Å². The number of anilines is 1. The Labute approximate surface area is 212 Å². The molecule has 0 bridgehead atoms. The molecule has 3 nitrogen and oxygen atoms in total. The van der Waals surface area contributed by atoms with Gasteiger partial charge in [-0.3, -0.25) is 4.99 Å². The smallest absolute Gasteiger partial charge is 0.148 e. The second-order valence-corrected chi connectivity index (χ2v) is 9.61. The minimum atomic E-state index is 0.224. The quantitative estimate of drug-likeness (QED) is 0.185. The maximum Gasteiger partial charge on any atom is 0.148 e. The first-order valence-electron chi connectivity index (χ1n) is 12.5. The van der Waals surface area contributed by atoms with Crippen LogP contribution in [0.25, 0.3) is 10.8 Å². The Morgan fingerprint density at radius 2 is 1.92 bits per heavy atom. The summed E-state index contributed by atoms with van der Waals surface area (Å²) >= 11 is 0. The largest absolute Gasteiger partial charge is 0.480 e. The van der Waals surface area contributed by atoms with Crippen molar-refractivity contribution in [3.05, 3.63) is 113 Å². The van der Waals surface area contributed by atoms with Crippen LogP contribution in [0.15, 0.2) is 96.0 Å². The lowest BCUT2D eigenvalue weighted by molar-refractivity contribution is 0.370. The summed E-state index contributed by atoms with van der Waals surface area (Å²) in [6.45, 7) is 2.39. The fraction of sp³-hybridized carbons (Fsp3) is 0.182. The second-order valence-electron chi connectivity index (χ2n) is 9.61. The summed E-state index contributed by atoms with van der Waals surface area (Å²) in [4.78, 5) is 4.80. The third-order valence-corrected chi connectivity index (χ3v) is 7.35. The van der Waals surface area contributed by atoms with Crippen molar-refractivity contribution in [3.63, 3.8) is 0 Å². The topological polar surface area (TPSA) is 33.6 Å². The lowest BCUT2D eigenvalue weighted by atomic mass is 9.76. The molecule has 36 heavy (non-hydrogen) atoms. The predicted octanol–water partition coefficient (Wildman–Crippen LogP) is 7.74. The zero-order valence-corrected chi connectivity index (χ0v) is 20.3. The third kappa shape index (κ3) is 4.06. The predicted molar refractivity (Wildman–Crippen MR) is 150 cm³/mol. The molecule has 176 valence electrons. The Morgan fingerprint density at radius 1 is 1.06 bits per heavy atom. The normalized spacial score (nSPS) is 20.1. The molecule has 0 saturated carbocycles. The van der Waals surface area contributed by atoms with Crippen molar-refractivity contribution in [2.75, 3.05) is 11.9 Å². The van der Waals surface area contributed by atoms with E-state index in [1.165, 1.54) is 22.4 Å². The highest BCUT2D eigenvalue weighted by molar-refractivity contribution is 6.03. The molecule has 0 spiro atoms. The molecule has 3 heteroatoms. The van der Waals surface area contributed by atoms with Gasteiger partial charge in [-0.25, -0.2) is 0 Å². The SMILES string of the molecule is C#CCOc1ccc2ccccc2c1C=Nc1ccc([C@@H]2Nc3ccc(C)cc3[C@@H]3C=CC[C@H]32)cc1. The number of allylic oxidation sites excluding steroid dienone is 2. The Hall–Kier alpha value is -4.29. The van der Waals surface area contributed by atoms with E-state index in [0.29, 0.717) is 11.8 Å². The van der Waals surface area contributed by atoms with E-state index in [1.54, 1.807) is 0 Å². The van der Waals surface area contributed by atoms with Crippen molar-refractivity contribution in [2.24, 2.45) is 10.9 Å². The molecule has 1 heterocycles. The number of fused-ring (bicyclic) bond motifs is 4. The van der Waals surface area contributed by atoms with Gasteiger partial charge < -0.3 is 10.1 Å². The van der Waals surface area contributed by atoms with Crippen molar-refractivity contribution >= 4 is 28.4 Å². The van der Waals surface area contributed by atoms with Crippen LogP contribution in [0.3, 0.4) is 0 Å². The summed E-state index contributed by atoms with van der Waals surface area (Å²) in [6, 6.07) is 27.9. The van der Waals surface area contributed by atoms with E-state index in [4.69, 9.17) is 16.2 Å². The first-order chi connectivity index (χ1) is 17.7. The molecule has 4 aromatic rings. The summed E-state index contributed by atoms with van der Waals surface area (Å²) in [5, 5.41) is 6.06. The van der Waals surface area contributed by atoms with Gasteiger partial charge in [-0.1, -0.05) is 78.2 Å². The molecule has 1 N–H and O–H groups in total. The number of benzene rings is 4. The Kier molecular flexibility index (Phi) is 5.79. The molecular weight excluding hydrogens is 440 g/mol. The molecule has 0 unspecified atom stereocenters. The zero-order valence-electron chi connectivity index (χ0n) is 20.3. The van der Waals surface area contributed by atoms with Gasteiger partial charge in [0.2, 0.25) is 0 Å². The maximum atomic E-state index is 5.82. The lowest BCUT2D eigenvalue weighted by Crippen LogP contribution is -2.29. The van der Waals surface area contributed by atoms with E-state index < -0.39 is 0 Å². The van der Waals surface area contributed by atoms with Gasteiger partial charge in [-0.2, -0.15) is 0 Å². The fourth-order valence-electron chi connectivity index (χ4n) is 5.60. The number of rotatable bonds is 5. The van der Waals surface area contributed by atoms with Crippen molar-refractivity contribution in [1.29, 1.82) is 0 Å². The molecule has 1 aliphatic carbocycles. The minimum Gasteiger partial charge on any atom is -0.480 e. The van der Waals surface area contributed by atoms with Gasteiger partial charge in [0.1, 0.15) is 12.4 Å². The van der Waals surface area contributed by atoms with Crippen LogP contribution in [-0.2, 0) is 0 Å². The molecule has 6 rings (SSSR count). The van der Waals surface area contributed by atoms with E-state index in [1.807, 2.05) is 24.4 Å². The van der Waals surface area contributed by atoms with E-state index in [9.17, 15) is 0 Å². The molecule has 0 amide bonds. The van der Waals surface area contributed by atoms with Crippen LogP contribution in [0.5, 0.6) is 5.75 Å². The second kappa shape index (κ2) is 9.40. The van der Waals surface area contributed by atoms with Gasteiger partial charge in [-0.15, -0.1) is 6.42 Å². The van der Waals surface area contributed by atoms with Crippen LogP contribution in [0.2, 0.25) is 0 Å². The van der Waals surface area contributed by atoms with Crippen LogP contribution in [-0.4, -0.2) is 12.8 Å². The van der Waals surface area contributed by atoms with E-state index >= 15 is 0 Å². The van der Waals surface area contributed by atoms with E-state index in [0.717, 1.165) is 34.2 Å². The van der Waals surface area contributed by atoms with Gasteiger partial charge in [-0.05, 0) is 65.4 Å². The van der Waals surface area contributed by atoms with Gasteiger partial charge in [0.25, 0.3) is 0 Å². The third-order valence-electron chi connectivity index (χ3n) is 7.35. The van der Waals surface area contributed by atoms with Crippen LogP contribution >= 0.6 is 0 Å². The standard InChI is InChI=1S/C33H28N2O/c1-3-19-36-32-18-14-23-7-4-5-8-26(23)30(32)21-34-25-15-12-24(13-16-25)33-28-10-6-9-27(28)29-20-22(2)11-17-31(29)35-33/h1,4-9,11-18,20-21,27-28,33,35H,10,19H2,2H3/t27-,28-,33+/m1/s1. The molecule has 1 aliphatic heterocycles. The highest BCUT2D eigenvalue weighted by atomic mass is 16.5. The van der Waals surface area contributed by atoms with Crippen molar-refractivity contribution in [1.82, 2.24) is 0 Å². The highest BCUT2D eigenvalue weighted by Crippen LogP contribution is 2.50. The molecule has 3 atom stereocenters. The number of ether oxygens (including phenoxy) is 1. The van der Waals surface area contributed by atoms with Crippen molar-refractivity contribution in [3.8, 4) is 18.1 Å². The van der Waals surface area contributed by atoms with Crippen LogP contribution in [0.4, 0.5) is 11.4 Å². The molecule has 0 radical (unpaired) electrons. The average molecular weight is 469 g/mol. The van der Waals surface area contributed by atoms with E-state index in [-0.39, 0.29) is 12.6 Å². The van der Waals surface area contributed by atoms with Crippen molar-refractivity contribution in [2.45, 2.75) is 25.3 Å². The summed E-state index contributed by atoms with van der Waals surface area (Å²) in [5.74, 6) is 4.29. The van der Waals surface area contributed by atoms with Gasteiger partial charge in [0.05, 0.1) is 11.7 Å². The average Bonchev–Trinajstić information content (AvgIpc) is 3.41. The number of nitrogens with one attached hydrogen (secondary N) is 1.